The van der Waals surface area contributed by atoms with Gasteiger partial charge in [-0.05, 0) is 89.9 Å². The Kier molecular flexibility index (Phi) is 49.4. The summed E-state index contributed by atoms with van der Waals surface area (Å²) in [7, 11) is 0. The largest absolute Gasteiger partial charge is 0.462 e. The van der Waals surface area contributed by atoms with Gasteiger partial charge in [-0.3, -0.25) is 14.4 Å². The molecule has 0 rings (SSSR count). The molecule has 64 heavy (non-hydrogen) atoms. The van der Waals surface area contributed by atoms with Gasteiger partial charge in [0.15, 0.2) is 6.10 Å². The number of unbranched alkanes of at least 4 members (excludes halogenated alkanes) is 22. The van der Waals surface area contributed by atoms with Gasteiger partial charge in [0, 0.05) is 19.3 Å². The molecule has 6 nitrogen and oxygen atoms in total. The number of rotatable bonds is 47. The van der Waals surface area contributed by atoms with Gasteiger partial charge in [-0.25, -0.2) is 0 Å². The Bertz CT molecular complexity index is 1250. The van der Waals surface area contributed by atoms with E-state index in [2.05, 4.69) is 106 Å². The van der Waals surface area contributed by atoms with Crippen LogP contribution in [0.1, 0.15) is 245 Å². The normalized spacial score (nSPS) is 12.7. The van der Waals surface area contributed by atoms with Crippen LogP contribution in [-0.4, -0.2) is 37.2 Å². The molecule has 0 heterocycles. The summed E-state index contributed by atoms with van der Waals surface area (Å²) >= 11 is 0. The van der Waals surface area contributed by atoms with Gasteiger partial charge in [-0.2, -0.15) is 0 Å². The lowest BCUT2D eigenvalue weighted by Gasteiger charge is -2.18. The van der Waals surface area contributed by atoms with E-state index in [9.17, 15) is 14.4 Å². The summed E-state index contributed by atoms with van der Waals surface area (Å²) in [5, 5.41) is 0. The summed E-state index contributed by atoms with van der Waals surface area (Å²) in [5.41, 5.74) is 0. The molecule has 0 N–H and O–H groups in total. The minimum absolute atomic E-state index is 0.100. The van der Waals surface area contributed by atoms with Gasteiger partial charge in [0.25, 0.3) is 0 Å². The maximum Gasteiger partial charge on any atom is 0.306 e. The maximum absolute atomic E-state index is 12.8. The summed E-state index contributed by atoms with van der Waals surface area (Å²) in [6, 6.07) is 0. The summed E-state index contributed by atoms with van der Waals surface area (Å²) in [5.74, 6) is -0.971. The van der Waals surface area contributed by atoms with Crippen molar-refractivity contribution < 1.29 is 28.6 Å². The van der Waals surface area contributed by atoms with Crippen LogP contribution in [0.25, 0.3) is 0 Å². The Balaban J connectivity index is 4.43. The number of ether oxygens (including phenoxy) is 3. The highest BCUT2D eigenvalue weighted by atomic mass is 16.6. The number of hydrogen-bond acceptors (Lipinski definition) is 6. The minimum atomic E-state index is -0.807. The van der Waals surface area contributed by atoms with Crippen molar-refractivity contribution in [2.24, 2.45) is 0 Å². The summed E-state index contributed by atoms with van der Waals surface area (Å²) in [4.78, 5) is 38.0. The average Bonchev–Trinajstić information content (AvgIpc) is 3.29. The SMILES string of the molecule is CC/C=C\C/C=C\C/C=C\C/C=C\CCCCCC(=O)OC(COC(=O)CCCC/C=C\C/C=C\C/C=C\CC)COC(=O)CCCCCCCCCCCCCCCCCCCC. The highest BCUT2D eigenvalue weighted by Gasteiger charge is 2.19. The molecular weight excluding hydrogens is 793 g/mol. The van der Waals surface area contributed by atoms with E-state index < -0.39 is 6.10 Å². The molecule has 6 heteroatoms. The van der Waals surface area contributed by atoms with Crippen molar-refractivity contribution in [2.75, 3.05) is 13.2 Å². The Morgan fingerprint density at radius 1 is 0.328 bits per heavy atom. The molecule has 0 aromatic carbocycles. The third kappa shape index (κ3) is 49.6. The number of carbonyl (C=O) groups excluding carboxylic acids is 3. The van der Waals surface area contributed by atoms with E-state index in [1.807, 2.05) is 0 Å². The van der Waals surface area contributed by atoms with Crippen molar-refractivity contribution in [1.29, 1.82) is 0 Å². The lowest BCUT2D eigenvalue weighted by molar-refractivity contribution is -0.167. The van der Waals surface area contributed by atoms with E-state index >= 15 is 0 Å². The van der Waals surface area contributed by atoms with Crippen molar-refractivity contribution in [3.05, 3.63) is 85.1 Å². The molecule has 1 unspecified atom stereocenters. The third-order valence-corrected chi connectivity index (χ3v) is 11.1. The molecule has 0 aliphatic heterocycles. The molecule has 0 fully saturated rings. The van der Waals surface area contributed by atoms with Crippen LogP contribution in [0.2, 0.25) is 0 Å². The van der Waals surface area contributed by atoms with Gasteiger partial charge in [0.2, 0.25) is 0 Å². The van der Waals surface area contributed by atoms with Crippen LogP contribution in [0.3, 0.4) is 0 Å². The van der Waals surface area contributed by atoms with Gasteiger partial charge < -0.3 is 14.2 Å². The Morgan fingerprint density at radius 3 is 0.984 bits per heavy atom. The second kappa shape index (κ2) is 52.2. The van der Waals surface area contributed by atoms with Gasteiger partial charge in [-0.1, -0.05) is 221 Å². The molecule has 0 amide bonds. The Labute approximate surface area is 395 Å². The fraction of sp³-hybridized carbons (Fsp3) is 0.707. The van der Waals surface area contributed by atoms with Crippen LogP contribution in [0.4, 0.5) is 0 Å². The molecule has 366 valence electrons. The lowest BCUT2D eigenvalue weighted by Crippen LogP contribution is -2.30. The smallest absolute Gasteiger partial charge is 0.306 e. The zero-order valence-electron chi connectivity index (χ0n) is 41.8. The van der Waals surface area contributed by atoms with Gasteiger partial charge in [-0.15, -0.1) is 0 Å². The monoisotopic (exact) mass is 891 g/mol. The van der Waals surface area contributed by atoms with Crippen LogP contribution in [0.5, 0.6) is 0 Å². The van der Waals surface area contributed by atoms with Crippen LogP contribution < -0.4 is 0 Å². The predicted octanol–water partition coefficient (Wildman–Crippen LogP) is 17.6. The second-order valence-corrected chi connectivity index (χ2v) is 17.4. The van der Waals surface area contributed by atoms with Gasteiger partial charge in [0.05, 0.1) is 0 Å². The number of carbonyl (C=O) groups is 3. The van der Waals surface area contributed by atoms with Crippen molar-refractivity contribution in [3.63, 3.8) is 0 Å². The maximum atomic E-state index is 12.8. The molecule has 0 radical (unpaired) electrons. The van der Waals surface area contributed by atoms with Crippen molar-refractivity contribution in [1.82, 2.24) is 0 Å². The van der Waals surface area contributed by atoms with E-state index in [1.165, 1.54) is 96.3 Å². The molecule has 0 aromatic heterocycles. The first kappa shape index (κ1) is 60.6. The van der Waals surface area contributed by atoms with E-state index in [4.69, 9.17) is 14.2 Å². The molecular formula is C58H98O6. The topological polar surface area (TPSA) is 78.9 Å². The average molecular weight is 891 g/mol. The zero-order chi connectivity index (χ0) is 46.5. The second-order valence-electron chi connectivity index (χ2n) is 17.4. The molecule has 0 aliphatic carbocycles. The lowest BCUT2D eigenvalue weighted by atomic mass is 10.0. The first-order valence-electron chi connectivity index (χ1n) is 26.6. The minimum Gasteiger partial charge on any atom is -0.462 e. The number of allylic oxidation sites excluding steroid dienone is 14. The quantitative estimate of drug-likeness (QED) is 0.0262. The van der Waals surface area contributed by atoms with Gasteiger partial charge >= 0.3 is 17.9 Å². The van der Waals surface area contributed by atoms with E-state index in [0.29, 0.717) is 12.8 Å². The molecule has 0 bridgehead atoms. The molecule has 1 atom stereocenters. The first-order valence-corrected chi connectivity index (χ1v) is 26.6. The van der Waals surface area contributed by atoms with Crippen LogP contribution in [0, 0.1) is 0 Å². The van der Waals surface area contributed by atoms with Crippen LogP contribution >= 0.6 is 0 Å². The Hall–Kier alpha value is -3.41. The van der Waals surface area contributed by atoms with Gasteiger partial charge in [0.1, 0.15) is 13.2 Å². The molecule has 0 spiro atoms. The van der Waals surface area contributed by atoms with Crippen molar-refractivity contribution in [2.45, 2.75) is 252 Å². The standard InChI is InChI=1S/C58H98O6/c1-4-7-10-13-16-19-22-25-27-29-30-32-33-36-39-42-45-48-51-57(60)63-54-55(53-62-56(59)50-47-44-41-38-35-24-21-18-15-12-9-6-3)64-58(61)52-49-46-43-40-37-34-31-28-26-23-20-17-14-11-8-5-2/h8-9,11-12,17-18,20-21,26,28,34-35,37-38,55H,4-7,10,13-16,19,22-25,27,29-33,36,39-54H2,1-3H3/b11-8-,12-9-,20-17-,21-18-,28-26-,37-34-,38-35-. The number of esters is 3. The summed E-state index contributed by atoms with van der Waals surface area (Å²) < 4.78 is 16.7. The summed E-state index contributed by atoms with van der Waals surface area (Å²) in [6.07, 6.45) is 67.2. The fourth-order valence-electron chi connectivity index (χ4n) is 7.21. The van der Waals surface area contributed by atoms with Crippen molar-refractivity contribution in [3.8, 4) is 0 Å². The molecule has 0 aromatic rings. The van der Waals surface area contributed by atoms with E-state index in [0.717, 1.165) is 109 Å². The first-order chi connectivity index (χ1) is 31.5. The Morgan fingerprint density at radius 2 is 0.609 bits per heavy atom. The summed E-state index contributed by atoms with van der Waals surface area (Å²) in [6.45, 7) is 6.35. The molecule has 0 saturated carbocycles. The van der Waals surface area contributed by atoms with E-state index in [-0.39, 0.29) is 37.5 Å². The fourth-order valence-corrected chi connectivity index (χ4v) is 7.21. The predicted molar refractivity (Wildman–Crippen MR) is 274 cm³/mol. The molecule has 0 aliphatic rings. The van der Waals surface area contributed by atoms with Crippen LogP contribution in [0.15, 0.2) is 85.1 Å². The third-order valence-electron chi connectivity index (χ3n) is 11.1. The number of hydrogen-bond donors (Lipinski definition) is 0. The molecule has 0 saturated heterocycles. The van der Waals surface area contributed by atoms with E-state index in [1.54, 1.807) is 0 Å². The highest BCUT2D eigenvalue weighted by Crippen LogP contribution is 2.15. The van der Waals surface area contributed by atoms with Crippen molar-refractivity contribution >= 4 is 17.9 Å². The van der Waals surface area contributed by atoms with Crippen LogP contribution in [-0.2, 0) is 28.6 Å². The zero-order valence-corrected chi connectivity index (χ0v) is 41.8. The highest BCUT2D eigenvalue weighted by molar-refractivity contribution is 5.71.